The number of hydrogen-bond acceptors (Lipinski definition) is 1. The second-order valence-electron chi connectivity index (χ2n) is 6.44. The van der Waals surface area contributed by atoms with E-state index in [9.17, 15) is 4.79 Å². The molecule has 0 aliphatic rings. The molecule has 0 atom stereocenters. The third kappa shape index (κ3) is 4.08. The summed E-state index contributed by atoms with van der Waals surface area (Å²) in [4.78, 5) is 13.8. The van der Waals surface area contributed by atoms with E-state index in [2.05, 4.69) is 32.9 Å². The molecule has 0 aliphatic carbocycles. The van der Waals surface area contributed by atoms with Gasteiger partial charge in [-0.05, 0) is 34.8 Å². The minimum Gasteiger partial charge on any atom is -0.312 e. The van der Waals surface area contributed by atoms with Gasteiger partial charge in [-0.25, -0.2) is 0 Å². The highest BCUT2D eigenvalue weighted by Gasteiger charge is 2.12. The molecule has 0 N–H and O–H groups in total. The van der Waals surface area contributed by atoms with Gasteiger partial charge >= 0.3 is 0 Å². The molecule has 2 aromatic carbocycles. The van der Waals surface area contributed by atoms with Crippen LogP contribution in [0.1, 0.15) is 31.9 Å². The maximum Gasteiger partial charge on any atom is 0.250 e. The van der Waals surface area contributed by atoms with Crippen molar-refractivity contribution in [3.8, 4) is 0 Å². The van der Waals surface area contributed by atoms with Crippen LogP contribution in [-0.4, -0.2) is 13.0 Å². The van der Waals surface area contributed by atoms with E-state index in [1.165, 1.54) is 5.56 Å². The molecule has 2 rings (SSSR count). The summed E-state index contributed by atoms with van der Waals surface area (Å²) in [5.41, 5.74) is 3.35. The van der Waals surface area contributed by atoms with Gasteiger partial charge in [-0.2, -0.15) is 0 Å². The molecule has 2 aromatic rings. The summed E-state index contributed by atoms with van der Waals surface area (Å²) in [6, 6.07) is 18.0. The molecule has 0 heterocycles. The molecule has 0 fully saturated rings. The molecule has 114 valence electrons. The fourth-order valence-corrected chi connectivity index (χ4v) is 2.15. The number of rotatable bonds is 3. The van der Waals surface area contributed by atoms with Crippen LogP contribution in [0, 0.1) is 0 Å². The van der Waals surface area contributed by atoms with Gasteiger partial charge in [-0.1, -0.05) is 63.2 Å². The predicted octanol–water partition coefficient (Wildman–Crippen LogP) is 4.66. The Balaban J connectivity index is 2.07. The van der Waals surface area contributed by atoms with E-state index in [4.69, 9.17) is 0 Å². The Bertz CT molecular complexity index is 648. The Labute approximate surface area is 133 Å². The summed E-state index contributed by atoms with van der Waals surface area (Å²) < 4.78 is 0. The SMILES string of the molecule is CN(C(=O)/C=C/c1ccc(C(C)(C)C)cc1)c1ccccc1. The van der Waals surface area contributed by atoms with Gasteiger partial charge in [0.1, 0.15) is 0 Å². The van der Waals surface area contributed by atoms with E-state index in [0.717, 1.165) is 11.3 Å². The summed E-state index contributed by atoms with van der Waals surface area (Å²) >= 11 is 0. The lowest BCUT2D eigenvalue weighted by molar-refractivity contribution is -0.113. The Morgan fingerprint density at radius 1 is 0.955 bits per heavy atom. The average molecular weight is 293 g/mol. The van der Waals surface area contributed by atoms with Gasteiger partial charge < -0.3 is 4.90 Å². The van der Waals surface area contributed by atoms with Crippen molar-refractivity contribution in [1.29, 1.82) is 0 Å². The molecule has 0 radical (unpaired) electrons. The standard InChI is InChI=1S/C20H23NO/c1-20(2,3)17-13-10-16(11-14-17)12-15-19(22)21(4)18-8-6-5-7-9-18/h5-15H,1-4H3/b15-12+. The molecule has 0 unspecified atom stereocenters. The highest BCUT2D eigenvalue weighted by molar-refractivity contribution is 6.03. The third-order valence-corrected chi connectivity index (χ3v) is 3.67. The highest BCUT2D eigenvalue weighted by atomic mass is 16.2. The Morgan fingerprint density at radius 2 is 1.55 bits per heavy atom. The molecule has 0 aliphatic heterocycles. The molecular formula is C20H23NO. The molecule has 0 saturated carbocycles. The number of anilines is 1. The van der Waals surface area contributed by atoms with Crippen molar-refractivity contribution in [1.82, 2.24) is 0 Å². The lowest BCUT2D eigenvalue weighted by Crippen LogP contribution is -2.23. The summed E-state index contributed by atoms with van der Waals surface area (Å²) in [7, 11) is 1.78. The first-order chi connectivity index (χ1) is 10.4. The van der Waals surface area contributed by atoms with Crippen LogP contribution in [0.25, 0.3) is 6.08 Å². The minimum absolute atomic E-state index is 0.0360. The van der Waals surface area contributed by atoms with E-state index in [1.807, 2.05) is 48.5 Å². The fourth-order valence-electron chi connectivity index (χ4n) is 2.15. The number of amides is 1. The molecular weight excluding hydrogens is 270 g/mol. The topological polar surface area (TPSA) is 20.3 Å². The summed E-state index contributed by atoms with van der Waals surface area (Å²) in [6.07, 6.45) is 3.47. The van der Waals surface area contributed by atoms with E-state index < -0.39 is 0 Å². The molecule has 0 spiro atoms. The summed E-state index contributed by atoms with van der Waals surface area (Å²) in [5, 5.41) is 0. The monoisotopic (exact) mass is 293 g/mol. The summed E-state index contributed by atoms with van der Waals surface area (Å²) in [5.74, 6) is -0.0360. The largest absolute Gasteiger partial charge is 0.312 e. The third-order valence-electron chi connectivity index (χ3n) is 3.67. The maximum absolute atomic E-state index is 12.2. The van der Waals surface area contributed by atoms with Crippen LogP contribution in [-0.2, 0) is 10.2 Å². The van der Waals surface area contributed by atoms with Crippen LogP contribution >= 0.6 is 0 Å². The number of carbonyl (C=O) groups excluding carboxylic acids is 1. The second-order valence-corrected chi connectivity index (χ2v) is 6.44. The zero-order valence-electron chi connectivity index (χ0n) is 13.7. The highest BCUT2D eigenvalue weighted by Crippen LogP contribution is 2.22. The van der Waals surface area contributed by atoms with Gasteiger partial charge in [0.05, 0.1) is 0 Å². The van der Waals surface area contributed by atoms with Crippen molar-refractivity contribution in [2.75, 3.05) is 11.9 Å². The van der Waals surface area contributed by atoms with Crippen LogP contribution in [0.15, 0.2) is 60.7 Å². The van der Waals surface area contributed by atoms with Gasteiger partial charge in [0.2, 0.25) is 0 Å². The van der Waals surface area contributed by atoms with Gasteiger partial charge in [0.15, 0.2) is 0 Å². The first-order valence-corrected chi connectivity index (χ1v) is 7.49. The molecule has 0 bridgehead atoms. The van der Waals surface area contributed by atoms with Crippen molar-refractivity contribution in [3.63, 3.8) is 0 Å². The van der Waals surface area contributed by atoms with Crippen LogP contribution in [0.4, 0.5) is 5.69 Å². The first kappa shape index (κ1) is 16.0. The van der Waals surface area contributed by atoms with E-state index in [-0.39, 0.29) is 11.3 Å². The van der Waals surface area contributed by atoms with E-state index >= 15 is 0 Å². The smallest absolute Gasteiger partial charge is 0.250 e. The Hall–Kier alpha value is -2.35. The van der Waals surface area contributed by atoms with E-state index in [0.29, 0.717) is 0 Å². The number of para-hydroxylation sites is 1. The second kappa shape index (κ2) is 6.61. The van der Waals surface area contributed by atoms with Crippen molar-refractivity contribution in [2.45, 2.75) is 26.2 Å². The number of hydrogen-bond donors (Lipinski definition) is 0. The number of carbonyl (C=O) groups is 1. The summed E-state index contributed by atoms with van der Waals surface area (Å²) in [6.45, 7) is 6.57. The van der Waals surface area contributed by atoms with Crippen molar-refractivity contribution in [2.24, 2.45) is 0 Å². The van der Waals surface area contributed by atoms with Gasteiger partial charge in [-0.15, -0.1) is 0 Å². The average Bonchev–Trinajstić information content (AvgIpc) is 2.52. The molecule has 22 heavy (non-hydrogen) atoms. The Morgan fingerprint density at radius 3 is 2.09 bits per heavy atom. The van der Waals surface area contributed by atoms with Crippen molar-refractivity contribution >= 4 is 17.7 Å². The normalized spacial score (nSPS) is 11.6. The quantitative estimate of drug-likeness (QED) is 0.754. The fraction of sp³-hybridized carbons (Fsp3) is 0.250. The van der Waals surface area contributed by atoms with Crippen molar-refractivity contribution < 1.29 is 4.79 Å². The molecule has 2 nitrogen and oxygen atoms in total. The van der Waals surface area contributed by atoms with Crippen LogP contribution < -0.4 is 4.90 Å². The maximum atomic E-state index is 12.2. The Kier molecular flexibility index (Phi) is 4.81. The predicted molar refractivity (Wildman–Crippen MR) is 94.0 cm³/mol. The molecule has 1 amide bonds. The lowest BCUT2D eigenvalue weighted by Gasteiger charge is -2.18. The van der Waals surface area contributed by atoms with E-state index in [1.54, 1.807) is 18.0 Å². The number of benzene rings is 2. The zero-order valence-corrected chi connectivity index (χ0v) is 13.7. The van der Waals surface area contributed by atoms with Crippen LogP contribution in [0.2, 0.25) is 0 Å². The molecule has 0 saturated heterocycles. The van der Waals surface area contributed by atoms with Gasteiger partial charge in [-0.3, -0.25) is 4.79 Å². The van der Waals surface area contributed by atoms with Gasteiger partial charge in [0, 0.05) is 18.8 Å². The zero-order chi connectivity index (χ0) is 16.2. The minimum atomic E-state index is -0.0360. The number of likely N-dealkylation sites (N-methyl/N-ethyl adjacent to an activating group) is 1. The lowest BCUT2D eigenvalue weighted by atomic mass is 9.87. The van der Waals surface area contributed by atoms with Crippen molar-refractivity contribution in [3.05, 3.63) is 71.8 Å². The van der Waals surface area contributed by atoms with Crippen LogP contribution in [0.5, 0.6) is 0 Å². The number of nitrogens with zero attached hydrogens (tertiary/aromatic N) is 1. The molecule has 0 aromatic heterocycles. The van der Waals surface area contributed by atoms with Crippen LogP contribution in [0.3, 0.4) is 0 Å². The first-order valence-electron chi connectivity index (χ1n) is 7.49. The van der Waals surface area contributed by atoms with Gasteiger partial charge in [0.25, 0.3) is 5.91 Å². The molecule has 2 heteroatoms.